The summed E-state index contributed by atoms with van der Waals surface area (Å²) in [4.78, 5) is 18.5. The standard InChI is InChI=1S/C19H23N7O/c1-2-26-17(12-25-14-20-13-21-25)22-23-18(26)15-8-10-24(11-9-15)19(27)16-6-4-3-5-7-16/h3-7,13-15H,2,8-12H2,1H3. The van der Waals surface area contributed by atoms with Crippen LogP contribution in [0.5, 0.6) is 0 Å². The fraction of sp³-hybridized carbons (Fsp3) is 0.421. The summed E-state index contributed by atoms with van der Waals surface area (Å²) in [5.41, 5.74) is 0.753. The van der Waals surface area contributed by atoms with Crippen LogP contribution in [-0.4, -0.2) is 53.4 Å². The molecule has 1 amide bonds. The van der Waals surface area contributed by atoms with E-state index in [1.807, 2.05) is 35.2 Å². The molecule has 0 saturated carbocycles. The van der Waals surface area contributed by atoms with E-state index in [2.05, 4.69) is 31.8 Å². The number of carbonyl (C=O) groups is 1. The zero-order valence-electron chi connectivity index (χ0n) is 15.4. The Morgan fingerprint density at radius 2 is 1.93 bits per heavy atom. The predicted octanol–water partition coefficient (Wildman–Crippen LogP) is 1.96. The van der Waals surface area contributed by atoms with Crippen molar-refractivity contribution in [3.63, 3.8) is 0 Å². The highest BCUT2D eigenvalue weighted by Crippen LogP contribution is 2.28. The number of nitrogens with zero attached hydrogens (tertiary/aromatic N) is 7. The fourth-order valence-electron chi connectivity index (χ4n) is 3.68. The van der Waals surface area contributed by atoms with Crippen molar-refractivity contribution in [1.29, 1.82) is 0 Å². The van der Waals surface area contributed by atoms with Crippen LogP contribution < -0.4 is 0 Å². The Bertz CT molecular complexity index is 880. The molecule has 3 aromatic rings. The summed E-state index contributed by atoms with van der Waals surface area (Å²) in [5, 5.41) is 13.0. The van der Waals surface area contributed by atoms with E-state index in [9.17, 15) is 4.79 Å². The molecular weight excluding hydrogens is 342 g/mol. The second kappa shape index (κ2) is 7.69. The van der Waals surface area contributed by atoms with E-state index in [1.54, 1.807) is 11.0 Å². The highest BCUT2D eigenvalue weighted by Gasteiger charge is 2.28. The van der Waals surface area contributed by atoms with Gasteiger partial charge in [0.25, 0.3) is 5.91 Å². The van der Waals surface area contributed by atoms with Crippen molar-refractivity contribution in [1.82, 2.24) is 34.4 Å². The van der Waals surface area contributed by atoms with Crippen LogP contribution in [0.15, 0.2) is 43.0 Å². The second-order valence-electron chi connectivity index (χ2n) is 6.74. The number of aromatic nitrogens is 6. The lowest BCUT2D eigenvalue weighted by atomic mass is 9.95. The Balaban J connectivity index is 1.44. The molecule has 1 aromatic carbocycles. The monoisotopic (exact) mass is 365 g/mol. The van der Waals surface area contributed by atoms with Crippen LogP contribution in [0.1, 0.15) is 47.7 Å². The molecule has 2 aromatic heterocycles. The quantitative estimate of drug-likeness (QED) is 0.690. The first-order chi connectivity index (χ1) is 13.3. The van der Waals surface area contributed by atoms with E-state index in [-0.39, 0.29) is 5.91 Å². The van der Waals surface area contributed by atoms with Gasteiger partial charge >= 0.3 is 0 Å². The van der Waals surface area contributed by atoms with Crippen LogP contribution in [-0.2, 0) is 13.1 Å². The van der Waals surface area contributed by atoms with Crippen molar-refractivity contribution in [2.75, 3.05) is 13.1 Å². The molecule has 1 fully saturated rings. The van der Waals surface area contributed by atoms with E-state index in [1.165, 1.54) is 6.33 Å². The molecule has 0 spiro atoms. The summed E-state index contributed by atoms with van der Waals surface area (Å²) in [6.45, 7) is 4.97. The number of hydrogen-bond acceptors (Lipinski definition) is 5. The highest BCUT2D eigenvalue weighted by molar-refractivity contribution is 5.94. The van der Waals surface area contributed by atoms with Crippen LogP contribution >= 0.6 is 0 Å². The van der Waals surface area contributed by atoms with Crippen molar-refractivity contribution in [2.45, 2.75) is 38.8 Å². The van der Waals surface area contributed by atoms with Crippen molar-refractivity contribution in [3.05, 3.63) is 60.2 Å². The molecule has 140 valence electrons. The van der Waals surface area contributed by atoms with E-state index < -0.39 is 0 Å². The third-order valence-corrected chi connectivity index (χ3v) is 5.11. The summed E-state index contributed by atoms with van der Waals surface area (Å²) in [6, 6.07) is 9.48. The van der Waals surface area contributed by atoms with Gasteiger partial charge in [-0.25, -0.2) is 9.67 Å². The highest BCUT2D eigenvalue weighted by atomic mass is 16.2. The third-order valence-electron chi connectivity index (χ3n) is 5.11. The Morgan fingerprint density at radius 3 is 2.59 bits per heavy atom. The number of amides is 1. The summed E-state index contributed by atoms with van der Waals surface area (Å²) < 4.78 is 3.92. The summed E-state index contributed by atoms with van der Waals surface area (Å²) >= 11 is 0. The molecule has 4 rings (SSSR count). The van der Waals surface area contributed by atoms with Gasteiger partial charge in [0.2, 0.25) is 0 Å². The minimum atomic E-state index is 0.109. The van der Waals surface area contributed by atoms with Crippen LogP contribution in [0, 0.1) is 0 Å². The molecular formula is C19H23N7O. The van der Waals surface area contributed by atoms with Crippen molar-refractivity contribution >= 4 is 5.91 Å². The molecule has 3 heterocycles. The minimum absolute atomic E-state index is 0.109. The molecule has 27 heavy (non-hydrogen) atoms. The van der Waals surface area contributed by atoms with Gasteiger partial charge in [0.15, 0.2) is 5.82 Å². The molecule has 0 unspecified atom stereocenters. The van der Waals surface area contributed by atoms with Crippen LogP contribution in [0.2, 0.25) is 0 Å². The molecule has 1 aliphatic heterocycles. The predicted molar refractivity (Wildman–Crippen MR) is 99.1 cm³/mol. The van der Waals surface area contributed by atoms with Crippen LogP contribution in [0.4, 0.5) is 0 Å². The van der Waals surface area contributed by atoms with E-state index in [4.69, 9.17) is 0 Å². The molecule has 1 saturated heterocycles. The second-order valence-corrected chi connectivity index (χ2v) is 6.74. The maximum Gasteiger partial charge on any atom is 0.253 e. The van der Waals surface area contributed by atoms with Crippen molar-refractivity contribution in [3.8, 4) is 0 Å². The van der Waals surface area contributed by atoms with Crippen molar-refractivity contribution < 1.29 is 4.79 Å². The Hall–Kier alpha value is -3.03. The molecule has 0 atom stereocenters. The van der Waals surface area contributed by atoms with Crippen LogP contribution in [0.25, 0.3) is 0 Å². The molecule has 1 aliphatic rings. The van der Waals surface area contributed by atoms with Gasteiger partial charge in [-0.1, -0.05) is 18.2 Å². The average Bonchev–Trinajstić information content (AvgIpc) is 3.38. The first-order valence-electron chi connectivity index (χ1n) is 9.35. The Morgan fingerprint density at radius 1 is 1.15 bits per heavy atom. The SMILES string of the molecule is CCn1c(Cn2cncn2)nnc1C1CCN(C(=O)c2ccccc2)CC1. The first-order valence-corrected chi connectivity index (χ1v) is 9.35. The maximum absolute atomic E-state index is 12.6. The number of piperidine rings is 1. The lowest BCUT2D eigenvalue weighted by molar-refractivity contribution is 0.0710. The molecule has 0 aliphatic carbocycles. The third kappa shape index (κ3) is 3.60. The molecule has 0 radical (unpaired) electrons. The molecule has 0 N–H and O–H groups in total. The van der Waals surface area contributed by atoms with E-state index >= 15 is 0 Å². The normalized spacial score (nSPS) is 15.2. The number of likely N-dealkylation sites (tertiary alicyclic amines) is 1. The number of benzene rings is 1. The van der Waals surface area contributed by atoms with Gasteiger partial charge in [0.05, 0.1) is 0 Å². The summed E-state index contributed by atoms with van der Waals surface area (Å²) in [5.74, 6) is 2.33. The van der Waals surface area contributed by atoms with Gasteiger partial charge < -0.3 is 9.47 Å². The van der Waals surface area contributed by atoms with Gasteiger partial charge in [-0.3, -0.25) is 4.79 Å². The smallest absolute Gasteiger partial charge is 0.253 e. The van der Waals surface area contributed by atoms with Gasteiger partial charge in [0, 0.05) is 31.1 Å². The zero-order valence-corrected chi connectivity index (χ0v) is 15.4. The topological polar surface area (TPSA) is 81.7 Å². The maximum atomic E-state index is 12.6. The average molecular weight is 365 g/mol. The zero-order chi connectivity index (χ0) is 18.6. The van der Waals surface area contributed by atoms with E-state index in [0.717, 1.165) is 49.7 Å². The lowest BCUT2D eigenvalue weighted by Gasteiger charge is -2.31. The van der Waals surface area contributed by atoms with Gasteiger partial charge in [-0.15, -0.1) is 10.2 Å². The fourth-order valence-corrected chi connectivity index (χ4v) is 3.68. The van der Waals surface area contributed by atoms with Crippen molar-refractivity contribution in [2.24, 2.45) is 0 Å². The minimum Gasteiger partial charge on any atom is -0.339 e. The number of hydrogen-bond donors (Lipinski definition) is 0. The number of carbonyl (C=O) groups excluding carboxylic acids is 1. The number of rotatable bonds is 5. The van der Waals surface area contributed by atoms with Gasteiger partial charge in [0.1, 0.15) is 25.0 Å². The van der Waals surface area contributed by atoms with Gasteiger partial charge in [-0.2, -0.15) is 5.10 Å². The molecule has 0 bridgehead atoms. The summed E-state index contributed by atoms with van der Waals surface area (Å²) in [6.07, 6.45) is 5.01. The van der Waals surface area contributed by atoms with Crippen LogP contribution in [0.3, 0.4) is 0 Å². The lowest BCUT2D eigenvalue weighted by Crippen LogP contribution is -2.38. The summed E-state index contributed by atoms with van der Waals surface area (Å²) in [7, 11) is 0. The van der Waals surface area contributed by atoms with E-state index in [0.29, 0.717) is 12.5 Å². The Kier molecular flexibility index (Phi) is 4.95. The first kappa shape index (κ1) is 17.4. The molecule has 8 nitrogen and oxygen atoms in total. The Labute approximate surface area is 157 Å². The van der Waals surface area contributed by atoms with Gasteiger partial charge in [-0.05, 0) is 31.9 Å². The molecule has 8 heteroatoms. The largest absolute Gasteiger partial charge is 0.339 e.